The molecular formula is C23H40IN3O3. The smallest absolute Gasteiger partial charge is 0.194 e. The van der Waals surface area contributed by atoms with Crippen molar-refractivity contribution in [2.24, 2.45) is 10.9 Å². The summed E-state index contributed by atoms with van der Waals surface area (Å²) in [4.78, 5) is 7.08. The van der Waals surface area contributed by atoms with Crippen LogP contribution in [-0.4, -0.2) is 70.6 Å². The van der Waals surface area contributed by atoms with Gasteiger partial charge in [-0.15, -0.1) is 24.0 Å². The highest BCUT2D eigenvalue weighted by molar-refractivity contribution is 14.0. The molecule has 2 rings (SSSR count). The third-order valence-electron chi connectivity index (χ3n) is 5.05. The van der Waals surface area contributed by atoms with Gasteiger partial charge < -0.3 is 24.4 Å². The van der Waals surface area contributed by atoms with E-state index in [0.717, 1.165) is 44.4 Å². The molecule has 1 atom stereocenters. The number of halogens is 1. The summed E-state index contributed by atoms with van der Waals surface area (Å²) in [7, 11) is 1.70. The normalized spacial score (nSPS) is 17.0. The molecule has 1 aliphatic rings. The molecule has 1 heterocycles. The zero-order chi connectivity index (χ0) is 21.1. The number of hydrogen-bond donors (Lipinski definition) is 1. The van der Waals surface area contributed by atoms with Crippen LogP contribution in [0.15, 0.2) is 29.3 Å². The molecular weight excluding hydrogens is 493 g/mol. The molecule has 1 unspecified atom stereocenters. The lowest BCUT2D eigenvalue weighted by molar-refractivity contribution is 0.0536. The van der Waals surface area contributed by atoms with Gasteiger partial charge in [-0.2, -0.15) is 0 Å². The maximum absolute atomic E-state index is 5.88. The zero-order valence-electron chi connectivity index (χ0n) is 19.3. The van der Waals surface area contributed by atoms with Crippen molar-refractivity contribution in [3.63, 3.8) is 0 Å². The van der Waals surface area contributed by atoms with E-state index in [2.05, 4.69) is 50.0 Å². The van der Waals surface area contributed by atoms with Gasteiger partial charge in [-0.1, -0.05) is 32.9 Å². The van der Waals surface area contributed by atoms with Gasteiger partial charge in [0.05, 0.1) is 26.4 Å². The summed E-state index contributed by atoms with van der Waals surface area (Å²) in [5, 5.41) is 3.40. The van der Waals surface area contributed by atoms with Crippen LogP contribution in [0.25, 0.3) is 0 Å². The standard InChI is InChI=1S/C23H39N3O3.HI/c1-6-24-22(26-13-11-19(17-26)18-28-16-15-27-5)25-12-14-29-21-9-7-20(8-10-21)23(2,3)4;/h7-10,19H,6,11-18H2,1-5H3,(H,24,25);1H. The topological polar surface area (TPSA) is 55.3 Å². The van der Waals surface area contributed by atoms with Crippen LogP contribution in [0.1, 0.15) is 39.7 Å². The van der Waals surface area contributed by atoms with Crippen molar-refractivity contribution < 1.29 is 14.2 Å². The molecule has 0 bridgehead atoms. The largest absolute Gasteiger partial charge is 0.492 e. The van der Waals surface area contributed by atoms with E-state index in [1.54, 1.807) is 7.11 Å². The molecule has 0 aliphatic carbocycles. The molecule has 6 nitrogen and oxygen atoms in total. The molecule has 7 heteroatoms. The number of aliphatic imine (C=N–C) groups is 1. The molecule has 1 N–H and O–H groups in total. The highest BCUT2D eigenvalue weighted by Crippen LogP contribution is 2.24. The fourth-order valence-corrected chi connectivity index (χ4v) is 3.35. The van der Waals surface area contributed by atoms with Crippen molar-refractivity contribution in [1.29, 1.82) is 0 Å². The fourth-order valence-electron chi connectivity index (χ4n) is 3.35. The summed E-state index contributed by atoms with van der Waals surface area (Å²) in [5.41, 5.74) is 1.47. The Morgan fingerprint density at radius 3 is 2.53 bits per heavy atom. The first-order chi connectivity index (χ1) is 13.9. The van der Waals surface area contributed by atoms with E-state index in [0.29, 0.717) is 32.3 Å². The van der Waals surface area contributed by atoms with Gasteiger partial charge in [0.25, 0.3) is 0 Å². The van der Waals surface area contributed by atoms with Crippen LogP contribution >= 0.6 is 24.0 Å². The molecule has 1 aromatic carbocycles. The molecule has 30 heavy (non-hydrogen) atoms. The van der Waals surface area contributed by atoms with Crippen molar-refractivity contribution in [1.82, 2.24) is 10.2 Å². The van der Waals surface area contributed by atoms with Crippen molar-refractivity contribution >= 4 is 29.9 Å². The summed E-state index contributed by atoms with van der Waals surface area (Å²) in [6, 6.07) is 8.37. The molecule has 172 valence electrons. The van der Waals surface area contributed by atoms with Crippen LogP contribution in [-0.2, 0) is 14.9 Å². The highest BCUT2D eigenvalue weighted by Gasteiger charge is 2.24. The van der Waals surface area contributed by atoms with E-state index < -0.39 is 0 Å². The van der Waals surface area contributed by atoms with Crippen LogP contribution in [0.5, 0.6) is 5.75 Å². The molecule has 1 saturated heterocycles. The predicted octanol–water partition coefficient (Wildman–Crippen LogP) is 3.93. The van der Waals surface area contributed by atoms with Gasteiger partial charge in [0, 0.05) is 32.7 Å². The summed E-state index contributed by atoms with van der Waals surface area (Å²) < 4.78 is 16.6. The van der Waals surface area contributed by atoms with E-state index in [4.69, 9.17) is 19.2 Å². The maximum atomic E-state index is 5.88. The molecule has 0 saturated carbocycles. The number of guanidine groups is 1. The summed E-state index contributed by atoms with van der Waals surface area (Å²) in [6.07, 6.45) is 1.13. The van der Waals surface area contributed by atoms with Crippen LogP contribution in [0.4, 0.5) is 0 Å². The Morgan fingerprint density at radius 1 is 1.17 bits per heavy atom. The van der Waals surface area contributed by atoms with E-state index >= 15 is 0 Å². The maximum Gasteiger partial charge on any atom is 0.194 e. The van der Waals surface area contributed by atoms with Crippen LogP contribution in [0.2, 0.25) is 0 Å². The van der Waals surface area contributed by atoms with Crippen LogP contribution in [0.3, 0.4) is 0 Å². The molecule has 0 aromatic heterocycles. The number of methoxy groups -OCH3 is 1. The number of rotatable bonds is 10. The molecule has 1 fully saturated rings. The second-order valence-electron chi connectivity index (χ2n) is 8.53. The molecule has 1 aromatic rings. The second-order valence-corrected chi connectivity index (χ2v) is 8.53. The van der Waals surface area contributed by atoms with Gasteiger partial charge in [-0.25, -0.2) is 4.99 Å². The third kappa shape index (κ3) is 9.39. The lowest BCUT2D eigenvalue weighted by atomic mass is 9.87. The molecule has 1 aliphatic heterocycles. The second kappa shape index (κ2) is 14.1. The van der Waals surface area contributed by atoms with Gasteiger partial charge in [-0.3, -0.25) is 0 Å². The fraction of sp³-hybridized carbons (Fsp3) is 0.696. The third-order valence-corrected chi connectivity index (χ3v) is 5.05. The van der Waals surface area contributed by atoms with Crippen molar-refractivity contribution in [2.45, 2.75) is 39.5 Å². The lowest BCUT2D eigenvalue weighted by Gasteiger charge is -2.22. The van der Waals surface area contributed by atoms with Crippen LogP contribution in [0, 0.1) is 5.92 Å². The first-order valence-electron chi connectivity index (χ1n) is 10.8. The van der Waals surface area contributed by atoms with E-state index in [1.165, 1.54) is 5.56 Å². The number of hydrogen-bond acceptors (Lipinski definition) is 4. The predicted molar refractivity (Wildman–Crippen MR) is 134 cm³/mol. The Hall–Kier alpha value is -1.06. The van der Waals surface area contributed by atoms with E-state index in [-0.39, 0.29) is 29.4 Å². The number of nitrogens with zero attached hydrogens (tertiary/aromatic N) is 2. The van der Waals surface area contributed by atoms with Gasteiger partial charge in [0.15, 0.2) is 5.96 Å². The van der Waals surface area contributed by atoms with E-state index in [1.807, 2.05) is 12.1 Å². The van der Waals surface area contributed by atoms with Crippen molar-refractivity contribution in [2.75, 3.05) is 59.7 Å². The average molecular weight is 533 g/mol. The minimum Gasteiger partial charge on any atom is -0.492 e. The van der Waals surface area contributed by atoms with Crippen molar-refractivity contribution in [3.05, 3.63) is 29.8 Å². The molecule has 0 amide bonds. The molecule has 0 radical (unpaired) electrons. The molecule has 0 spiro atoms. The Morgan fingerprint density at radius 2 is 1.90 bits per heavy atom. The number of nitrogens with one attached hydrogen (secondary N) is 1. The Labute approximate surface area is 199 Å². The average Bonchev–Trinajstić information content (AvgIpc) is 3.16. The number of ether oxygens (including phenoxy) is 3. The SMILES string of the molecule is CCNC(=NCCOc1ccc(C(C)(C)C)cc1)N1CCC(COCCOC)C1.I. The Balaban J connectivity index is 0.00000450. The van der Waals surface area contributed by atoms with Crippen molar-refractivity contribution in [3.8, 4) is 5.75 Å². The summed E-state index contributed by atoms with van der Waals surface area (Å²) in [5.74, 6) is 2.42. The van der Waals surface area contributed by atoms with Gasteiger partial charge in [0.1, 0.15) is 12.4 Å². The van der Waals surface area contributed by atoms with Gasteiger partial charge in [0.2, 0.25) is 0 Å². The first-order valence-corrected chi connectivity index (χ1v) is 10.8. The van der Waals surface area contributed by atoms with Crippen LogP contribution < -0.4 is 10.1 Å². The Kier molecular flexibility index (Phi) is 12.7. The van der Waals surface area contributed by atoms with E-state index in [9.17, 15) is 0 Å². The zero-order valence-corrected chi connectivity index (χ0v) is 21.6. The number of likely N-dealkylation sites (tertiary alicyclic amines) is 1. The summed E-state index contributed by atoms with van der Waals surface area (Å²) >= 11 is 0. The monoisotopic (exact) mass is 533 g/mol. The summed E-state index contributed by atoms with van der Waals surface area (Å²) in [6.45, 7) is 14.9. The minimum absolute atomic E-state index is 0. The highest BCUT2D eigenvalue weighted by atomic mass is 127. The Bertz CT molecular complexity index is 617. The van der Waals surface area contributed by atoms with Gasteiger partial charge in [-0.05, 0) is 36.5 Å². The quantitative estimate of drug-likeness (QED) is 0.214. The first kappa shape index (κ1) is 27.0. The minimum atomic E-state index is 0. The van der Waals surface area contributed by atoms with Gasteiger partial charge >= 0.3 is 0 Å². The number of benzene rings is 1. The lowest BCUT2D eigenvalue weighted by Crippen LogP contribution is -2.40.